The lowest BCUT2D eigenvalue weighted by atomic mass is 9.80. The summed E-state index contributed by atoms with van der Waals surface area (Å²) in [6, 6.07) is 0. The summed E-state index contributed by atoms with van der Waals surface area (Å²) in [5.41, 5.74) is 5.01. The molecule has 1 aliphatic rings. The van der Waals surface area contributed by atoms with E-state index in [9.17, 15) is 4.79 Å². The molecule has 6 nitrogen and oxygen atoms in total. The number of nitrogens with two attached hydrogens (primary N) is 1. The van der Waals surface area contributed by atoms with Crippen molar-refractivity contribution in [1.82, 2.24) is 5.32 Å². The predicted molar refractivity (Wildman–Crippen MR) is 63.8 cm³/mol. The second kappa shape index (κ2) is 5.86. The molecule has 98 valence electrons. The molecule has 0 saturated heterocycles. The van der Waals surface area contributed by atoms with E-state index in [4.69, 9.17) is 15.7 Å². The zero-order valence-corrected chi connectivity index (χ0v) is 10.4. The summed E-state index contributed by atoms with van der Waals surface area (Å²) >= 11 is 0. The van der Waals surface area contributed by atoms with Gasteiger partial charge in [0, 0.05) is 7.11 Å². The van der Waals surface area contributed by atoms with Gasteiger partial charge < -0.3 is 21.0 Å². The van der Waals surface area contributed by atoms with Crippen molar-refractivity contribution in [2.45, 2.75) is 50.7 Å². The third-order valence-electron chi connectivity index (χ3n) is 3.39. The number of ether oxygens (including phenoxy) is 1. The molecule has 6 heteroatoms. The van der Waals surface area contributed by atoms with Gasteiger partial charge in [-0.15, -0.1) is 0 Å². The molecule has 4 N–H and O–H groups in total. The Morgan fingerprint density at radius 1 is 1.47 bits per heavy atom. The number of oxime groups is 1. The van der Waals surface area contributed by atoms with Gasteiger partial charge in [0.2, 0.25) is 5.91 Å². The molecule has 0 aromatic rings. The smallest absolute Gasteiger partial charge is 0.249 e. The third kappa shape index (κ3) is 3.09. The second-order valence-electron chi connectivity index (χ2n) is 4.50. The van der Waals surface area contributed by atoms with Crippen LogP contribution in [0, 0.1) is 0 Å². The zero-order valence-electron chi connectivity index (χ0n) is 10.4. The highest BCUT2D eigenvalue weighted by atomic mass is 16.5. The lowest BCUT2D eigenvalue weighted by Gasteiger charge is -2.37. The lowest BCUT2D eigenvalue weighted by Crippen LogP contribution is -2.60. The van der Waals surface area contributed by atoms with Gasteiger partial charge in [-0.3, -0.25) is 4.79 Å². The minimum absolute atomic E-state index is 0.0776. The molecule has 1 saturated carbocycles. The SMILES string of the molecule is COC(C)C(=O)NC1(C(N)=NO)CCCCC1. The van der Waals surface area contributed by atoms with Crippen LogP contribution in [0.3, 0.4) is 0 Å². The number of hydrogen-bond donors (Lipinski definition) is 3. The van der Waals surface area contributed by atoms with Crippen LogP contribution >= 0.6 is 0 Å². The van der Waals surface area contributed by atoms with E-state index in [1.54, 1.807) is 6.92 Å². The number of methoxy groups -OCH3 is 1. The average Bonchev–Trinajstić information content (AvgIpc) is 2.37. The van der Waals surface area contributed by atoms with E-state index in [0.717, 1.165) is 19.3 Å². The Bertz CT molecular complexity index is 298. The highest BCUT2D eigenvalue weighted by Crippen LogP contribution is 2.28. The Morgan fingerprint density at radius 3 is 2.53 bits per heavy atom. The van der Waals surface area contributed by atoms with Crippen LogP contribution in [-0.2, 0) is 9.53 Å². The minimum Gasteiger partial charge on any atom is -0.409 e. The molecule has 0 aliphatic heterocycles. The minimum atomic E-state index is -0.711. The van der Waals surface area contributed by atoms with Crippen LogP contribution in [0.25, 0.3) is 0 Å². The van der Waals surface area contributed by atoms with Gasteiger partial charge in [-0.2, -0.15) is 0 Å². The molecule has 0 bridgehead atoms. The lowest BCUT2D eigenvalue weighted by molar-refractivity contribution is -0.131. The Labute approximate surface area is 101 Å². The molecule has 0 radical (unpaired) electrons. The number of hydrogen-bond acceptors (Lipinski definition) is 4. The summed E-state index contributed by atoms with van der Waals surface area (Å²) < 4.78 is 4.96. The van der Waals surface area contributed by atoms with Crippen LogP contribution < -0.4 is 11.1 Å². The van der Waals surface area contributed by atoms with Crippen molar-refractivity contribution in [3.63, 3.8) is 0 Å². The van der Waals surface area contributed by atoms with Gasteiger partial charge in [0.15, 0.2) is 5.84 Å². The van der Waals surface area contributed by atoms with Crippen molar-refractivity contribution < 1.29 is 14.7 Å². The highest BCUT2D eigenvalue weighted by Gasteiger charge is 2.38. The first-order chi connectivity index (χ1) is 8.05. The molecule has 0 heterocycles. The Morgan fingerprint density at radius 2 is 2.06 bits per heavy atom. The molecule has 17 heavy (non-hydrogen) atoms. The molecule has 1 unspecified atom stereocenters. The topological polar surface area (TPSA) is 96.9 Å². The Kier molecular flexibility index (Phi) is 4.74. The van der Waals surface area contributed by atoms with Crippen LogP contribution in [0.2, 0.25) is 0 Å². The number of rotatable bonds is 4. The number of carbonyl (C=O) groups excluding carboxylic acids is 1. The van der Waals surface area contributed by atoms with E-state index < -0.39 is 11.6 Å². The fraction of sp³-hybridized carbons (Fsp3) is 0.818. The van der Waals surface area contributed by atoms with Gasteiger partial charge in [-0.1, -0.05) is 24.4 Å². The van der Waals surface area contributed by atoms with Crippen molar-refractivity contribution in [3.05, 3.63) is 0 Å². The molecular weight excluding hydrogens is 222 g/mol. The van der Waals surface area contributed by atoms with E-state index in [-0.39, 0.29) is 11.7 Å². The van der Waals surface area contributed by atoms with E-state index >= 15 is 0 Å². The molecule has 1 atom stereocenters. The average molecular weight is 243 g/mol. The van der Waals surface area contributed by atoms with E-state index in [0.29, 0.717) is 12.8 Å². The van der Waals surface area contributed by atoms with Crippen molar-refractivity contribution in [2.24, 2.45) is 10.9 Å². The monoisotopic (exact) mass is 243 g/mol. The van der Waals surface area contributed by atoms with Crippen molar-refractivity contribution in [1.29, 1.82) is 0 Å². The van der Waals surface area contributed by atoms with E-state index in [2.05, 4.69) is 10.5 Å². The highest BCUT2D eigenvalue weighted by molar-refractivity contribution is 5.94. The van der Waals surface area contributed by atoms with Gasteiger partial charge in [-0.05, 0) is 19.8 Å². The van der Waals surface area contributed by atoms with Crippen LogP contribution in [0.1, 0.15) is 39.0 Å². The largest absolute Gasteiger partial charge is 0.409 e. The third-order valence-corrected chi connectivity index (χ3v) is 3.39. The standard InChI is InChI=1S/C11H21N3O3/c1-8(17-2)9(15)13-11(10(12)14-16)6-4-3-5-7-11/h8,16H,3-7H2,1-2H3,(H2,12,14)(H,13,15). The molecular formula is C11H21N3O3. The number of nitrogens with zero attached hydrogens (tertiary/aromatic N) is 1. The molecule has 1 amide bonds. The first-order valence-electron chi connectivity index (χ1n) is 5.88. The van der Waals surface area contributed by atoms with Crippen LogP contribution in [0.5, 0.6) is 0 Å². The molecule has 0 aromatic carbocycles. The quantitative estimate of drug-likeness (QED) is 0.291. The van der Waals surface area contributed by atoms with Gasteiger partial charge in [0.1, 0.15) is 11.6 Å². The van der Waals surface area contributed by atoms with Crippen LogP contribution in [0.15, 0.2) is 5.16 Å². The number of amides is 1. The second-order valence-corrected chi connectivity index (χ2v) is 4.50. The zero-order chi connectivity index (χ0) is 12.9. The summed E-state index contributed by atoms with van der Waals surface area (Å²) in [4.78, 5) is 11.8. The fourth-order valence-corrected chi connectivity index (χ4v) is 2.14. The van der Waals surface area contributed by atoms with Crippen LogP contribution in [0.4, 0.5) is 0 Å². The Hall–Kier alpha value is -1.30. The van der Waals surface area contributed by atoms with Gasteiger partial charge >= 0.3 is 0 Å². The van der Waals surface area contributed by atoms with Crippen molar-refractivity contribution in [3.8, 4) is 0 Å². The first kappa shape index (κ1) is 13.8. The normalized spacial score (nSPS) is 21.9. The summed E-state index contributed by atoms with van der Waals surface area (Å²) in [7, 11) is 1.47. The summed E-state index contributed by atoms with van der Waals surface area (Å²) in [5, 5.41) is 14.8. The fourth-order valence-electron chi connectivity index (χ4n) is 2.14. The number of carbonyl (C=O) groups is 1. The van der Waals surface area contributed by atoms with Crippen molar-refractivity contribution in [2.75, 3.05) is 7.11 Å². The summed E-state index contributed by atoms with van der Waals surface area (Å²) in [5.74, 6) is -0.158. The molecule has 0 aromatic heterocycles. The molecule has 1 rings (SSSR count). The van der Waals surface area contributed by atoms with E-state index in [1.165, 1.54) is 7.11 Å². The maximum atomic E-state index is 11.8. The van der Waals surface area contributed by atoms with Gasteiger partial charge in [0.25, 0.3) is 0 Å². The van der Waals surface area contributed by atoms with Crippen molar-refractivity contribution >= 4 is 11.7 Å². The molecule has 1 fully saturated rings. The Balaban J connectivity index is 2.80. The first-order valence-corrected chi connectivity index (χ1v) is 5.88. The maximum Gasteiger partial charge on any atom is 0.249 e. The summed E-state index contributed by atoms with van der Waals surface area (Å²) in [6.07, 6.45) is 3.88. The molecule has 0 spiro atoms. The number of nitrogens with one attached hydrogen (secondary N) is 1. The maximum absolute atomic E-state index is 11.8. The number of amidine groups is 1. The predicted octanol–water partition coefficient (Wildman–Crippen LogP) is 0.587. The van der Waals surface area contributed by atoms with E-state index in [1.807, 2.05) is 0 Å². The van der Waals surface area contributed by atoms with Crippen LogP contribution in [-0.4, -0.2) is 35.7 Å². The van der Waals surface area contributed by atoms with Gasteiger partial charge in [-0.25, -0.2) is 0 Å². The van der Waals surface area contributed by atoms with Gasteiger partial charge in [0.05, 0.1) is 0 Å². The molecule has 1 aliphatic carbocycles. The summed E-state index contributed by atoms with van der Waals surface area (Å²) in [6.45, 7) is 1.66.